The van der Waals surface area contributed by atoms with Gasteiger partial charge in [0.15, 0.2) is 0 Å². The fourth-order valence-corrected chi connectivity index (χ4v) is 3.57. The molecule has 0 bridgehead atoms. The number of nitrogens with zero attached hydrogens (tertiary/aromatic N) is 2. The maximum atomic E-state index is 12.6. The maximum absolute atomic E-state index is 12.6. The van der Waals surface area contributed by atoms with Gasteiger partial charge in [0.2, 0.25) is 0 Å². The van der Waals surface area contributed by atoms with Crippen LogP contribution < -0.4 is 15.0 Å². The number of benzene rings is 2. The Morgan fingerprint density at radius 1 is 0.966 bits per heavy atom. The minimum atomic E-state index is 0.0471. The lowest BCUT2D eigenvalue weighted by Gasteiger charge is -2.36. The number of urea groups is 1. The van der Waals surface area contributed by atoms with Crippen LogP contribution in [0.15, 0.2) is 54.6 Å². The Hall–Kier alpha value is -2.69. The number of rotatable bonds is 7. The lowest BCUT2D eigenvalue weighted by molar-refractivity contribution is 0.190. The number of amides is 2. The van der Waals surface area contributed by atoms with Crippen LogP contribution in [0.25, 0.3) is 0 Å². The molecule has 1 unspecified atom stereocenters. The van der Waals surface area contributed by atoms with Gasteiger partial charge in [0, 0.05) is 37.9 Å². The molecular formula is C24H33N3O2. The van der Waals surface area contributed by atoms with Gasteiger partial charge in [0.05, 0.1) is 6.10 Å². The van der Waals surface area contributed by atoms with Crippen molar-refractivity contribution in [3.63, 3.8) is 0 Å². The van der Waals surface area contributed by atoms with E-state index in [0.717, 1.165) is 44.8 Å². The summed E-state index contributed by atoms with van der Waals surface area (Å²) in [6, 6.07) is 18.8. The van der Waals surface area contributed by atoms with Gasteiger partial charge >= 0.3 is 6.03 Å². The van der Waals surface area contributed by atoms with Crippen LogP contribution >= 0.6 is 0 Å². The number of piperazine rings is 1. The summed E-state index contributed by atoms with van der Waals surface area (Å²) in [6.45, 7) is 9.39. The minimum Gasteiger partial charge on any atom is -0.491 e. The Kier molecular flexibility index (Phi) is 7.39. The standard InChI is InChI=1S/C24H33N3O2/c1-19(2)29-23-13-11-21(12-14-23)10-9-20(3)25-24(28)27-17-15-26(16-18-27)22-7-5-4-6-8-22/h4-8,11-14,19-20H,9-10,15-18H2,1-3H3,(H,25,28). The van der Waals surface area contributed by atoms with E-state index < -0.39 is 0 Å². The van der Waals surface area contributed by atoms with Crippen LogP contribution in [0.2, 0.25) is 0 Å². The number of aryl methyl sites for hydroxylation is 1. The van der Waals surface area contributed by atoms with E-state index >= 15 is 0 Å². The van der Waals surface area contributed by atoms with E-state index in [0.29, 0.717) is 0 Å². The molecule has 1 aliphatic rings. The van der Waals surface area contributed by atoms with E-state index in [4.69, 9.17) is 4.74 Å². The average Bonchev–Trinajstić information content (AvgIpc) is 2.73. The monoisotopic (exact) mass is 395 g/mol. The largest absolute Gasteiger partial charge is 0.491 e. The van der Waals surface area contributed by atoms with Crippen molar-refractivity contribution in [2.75, 3.05) is 31.1 Å². The Balaban J connectivity index is 1.39. The zero-order chi connectivity index (χ0) is 20.6. The third-order valence-electron chi connectivity index (χ3n) is 5.22. The summed E-state index contributed by atoms with van der Waals surface area (Å²) in [5, 5.41) is 3.16. The van der Waals surface area contributed by atoms with Crippen molar-refractivity contribution in [2.45, 2.75) is 45.8 Å². The number of para-hydroxylation sites is 1. The summed E-state index contributed by atoms with van der Waals surface area (Å²) in [5.74, 6) is 0.903. The van der Waals surface area contributed by atoms with Gasteiger partial charge in [-0.1, -0.05) is 30.3 Å². The molecule has 2 amide bonds. The molecule has 1 saturated heterocycles. The molecule has 3 rings (SSSR count). The van der Waals surface area contributed by atoms with Crippen LogP contribution in [-0.2, 0) is 6.42 Å². The van der Waals surface area contributed by atoms with Crippen molar-refractivity contribution in [2.24, 2.45) is 0 Å². The minimum absolute atomic E-state index is 0.0471. The highest BCUT2D eigenvalue weighted by Crippen LogP contribution is 2.17. The molecule has 0 aromatic heterocycles. The van der Waals surface area contributed by atoms with E-state index in [1.54, 1.807) is 0 Å². The smallest absolute Gasteiger partial charge is 0.317 e. The molecule has 5 heteroatoms. The molecule has 1 heterocycles. The van der Waals surface area contributed by atoms with Crippen molar-refractivity contribution in [3.8, 4) is 5.75 Å². The van der Waals surface area contributed by atoms with Gasteiger partial charge in [0.1, 0.15) is 5.75 Å². The second kappa shape index (κ2) is 10.2. The first-order chi connectivity index (χ1) is 14.0. The zero-order valence-electron chi connectivity index (χ0n) is 17.8. The van der Waals surface area contributed by atoms with E-state index in [-0.39, 0.29) is 18.2 Å². The predicted molar refractivity (Wildman–Crippen MR) is 119 cm³/mol. The lowest BCUT2D eigenvalue weighted by atomic mass is 10.1. The molecule has 2 aromatic carbocycles. The molecule has 0 saturated carbocycles. The number of anilines is 1. The Morgan fingerprint density at radius 3 is 2.24 bits per heavy atom. The van der Waals surface area contributed by atoms with Gasteiger partial charge in [0.25, 0.3) is 0 Å². The SMILES string of the molecule is CC(CCc1ccc(OC(C)C)cc1)NC(=O)N1CCN(c2ccccc2)CC1. The van der Waals surface area contributed by atoms with Crippen molar-refractivity contribution in [3.05, 3.63) is 60.2 Å². The van der Waals surface area contributed by atoms with Gasteiger partial charge in [-0.25, -0.2) is 4.79 Å². The molecule has 1 N–H and O–H groups in total. The number of carbonyl (C=O) groups excluding carboxylic acids is 1. The van der Waals surface area contributed by atoms with Crippen LogP contribution in [0.5, 0.6) is 5.75 Å². The molecule has 0 radical (unpaired) electrons. The van der Waals surface area contributed by atoms with Crippen LogP contribution in [-0.4, -0.2) is 49.3 Å². The van der Waals surface area contributed by atoms with E-state index in [9.17, 15) is 4.79 Å². The molecule has 29 heavy (non-hydrogen) atoms. The summed E-state index contributed by atoms with van der Waals surface area (Å²) in [7, 11) is 0. The molecule has 1 atom stereocenters. The van der Waals surface area contributed by atoms with Crippen molar-refractivity contribution < 1.29 is 9.53 Å². The Labute approximate surface area is 174 Å². The van der Waals surface area contributed by atoms with Crippen LogP contribution in [0, 0.1) is 0 Å². The first kappa shape index (κ1) is 21.0. The molecule has 0 spiro atoms. The normalized spacial score (nSPS) is 15.3. The molecule has 0 aliphatic carbocycles. The summed E-state index contributed by atoms with van der Waals surface area (Å²) < 4.78 is 5.68. The first-order valence-corrected chi connectivity index (χ1v) is 10.6. The summed E-state index contributed by atoms with van der Waals surface area (Å²) in [6.07, 6.45) is 2.04. The van der Waals surface area contributed by atoms with Gasteiger partial charge in [-0.05, 0) is 63.4 Å². The highest BCUT2D eigenvalue weighted by Gasteiger charge is 2.22. The first-order valence-electron chi connectivity index (χ1n) is 10.6. The summed E-state index contributed by atoms with van der Waals surface area (Å²) >= 11 is 0. The van der Waals surface area contributed by atoms with Gasteiger partial charge < -0.3 is 19.9 Å². The van der Waals surface area contributed by atoms with Gasteiger partial charge in [-0.2, -0.15) is 0 Å². The van der Waals surface area contributed by atoms with Gasteiger partial charge in [-0.3, -0.25) is 0 Å². The highest BCUT2D eigenvalue weighted by molar-refractivity contribution is 5.74. The van der Waals surface area contributed by atoms with Crippen LogP contribution in [0.4, 0.5) is 10.5 Å². The Morgan fingerprint density at radius 2 is 1.62 bits per heavy atom. The number of hydrogen-bond acceptors (Lipinski definition) is 3. The van der Waals surface area contributed by atoms with Crippen molar-refractivity contribution in [1.82, 2.24) is 10.2 Å². The quantitative estimate of drug-likeness (QED) is 0.759. The molecule has 2 aromatic rings. The average molecular weight is 396 g/mol. The summed E-state index contributed by atoms with van der Waals surface area (Å²) in [5.41, 5.74) is 2.49. The fraction of sp³-hybridized carbons (Fsp3) is 0.458. The van der Waals surface area contributed by atoms with Crippen LogP contribution in [0.3, 0.4) is 0 Å². The molecule has 156 valence electrons. The number of nitrogens with one attached hydrogen (secondary N) is 1. The third kappa shape index (κ3) is 6.41. The Bertz CT molecular complexity index is 753. The molecular weight excluding hydrogens is 362 g/mol. The summed E-state index contributed by atoms with van der Waals surface area (Å²) in [4.78, 5) is 16.8. The van der Waals surface area contributed by atoms with Gasteiger partial charge in [-0.15, -0.1) is 0 Å². The predicted octanol–water partition coefficient (Wildman–Crippen LogP) is 4.33. The van der Waals surface area contributed by atoms with Crippen molar-refractivity contribution in [1.29, 1.82) is 0 Å². The zero-order valence-corrected chi connectivity index (χ0v) is 17.8. The maximum Gasteiger partial charge on any atom is 0.317 e. The van der Waals surface area contributed by atoms with E-state index in [1.807, 2.05) is 36.9 Å². The topological polar surface area (TPSA) is 44.8 Å². The molecule has 1 fully saturated rings. The molecule has 1 aliphatic heterocycles. The lowest BCUT2D eigenvalue weighted by Crippen LogP contribution is -2.53. The number of ether oxygens (including phenoxy) is 1. The van der Waals surface area contributed by atoms with Crippen molar-refractivity contribution >= 4 is 11.7 Å². The third-order valence-corrected chi connectivity index (χ3v) is 5.22. The second-order valence-electron chi connectivity index (χ2n) is 8.01. The van der Waals surface area contributed by atoms with E-state index in [1.165, 1.54) is 11.3 Å². The molecule has 5 nitrogen and oxygen atoms in total. The number of carbonyl (C=O) groups is 1. The fourth-order valence-electron chi connectivity index (χ4n) is 3.57. The highest BCUT2D eigenvalue weighted by atomic mass is 16.5. The second-order valence-corrected chi connectivity index (χ2v) is 8.01. The van der Waals surface area contributed by atoms with E-state index in [2.05, 4.69) is 53.5 Å². The number of hydrogen-bond donors (Lipinski definition) is 1. The van der Waals surface area contributed by atoms with Crippen LogP contribution in [0.1, 0.15) is 32.8 Å².